The highest BCUT2D eigenvalue weighted by atomic mass is 16.6. The van der Waals surface area contributed by atoms with Crippen LogP contribution >= 0.6 is 0 Å². The van der Waals surface area contributed by atoms with E-state index in [0.717, 1.165) is 38.0 Å². The second-order valence-electron chi connectivity index (χ2n) is 9.98. The minimum Gasteiger partial charge on any atom is -0.341 e. The molecule has 5 rings (SSSR count). The lowest BCUT2D eigenvalue weighted by atomic mass is 9.85. The quantitative estimate of drug-likeness (QED) is 0.457. The maximum absolute atomic E-state index is 13.9. The molecule has 3 amide bonds. The first-order valence-corrected chi connectivity index (χ1v) is 12.8. The van der Waals surface area contributed by atoms with Gasteiger partial charge in [-0.2, -0.15) is 0 Å². The Morgan fingerprint density at radius 2 is 1.51 bits per heavy atom. The molecule has 10 heteroatoms. The van der Waals surface area contributed by atoms with Crippen LogP contribution in [0.15, 0.2) is 54.6 Å². The summed E-state index contributed by atoms with van der Waals surface area (Å²) in [4.78, 5) is 57.7. The predicted octanol–water partition coefficient (Wildman–Crippen LogP) is 2.89. The predicted molar refractivity (Wildman–Crippen MR) is 137 cm³/mol. The number of amides is 3. The van der Waals surface area contributed by atoms with Crippen LogP contribution in [0.25, 0.3) is 0 Å². The van der Waals surface area contributed by atoms with Gasteiger partial charge in [-0.25, -0.2) is 0 Å². The number of nitro groups is 1. The first kappa shape index (κ1) is 24.7. The standard InChI is InChI=1S/C27H31N5O5/c33-24(28-15-5-2-6-16-28)19-30-20-31(22-7-3-1-4-8-22)27(26(30)35)13-17-29(18-14-27)25(34)21-9-11-23(12-10-21)32(36)37/h1,3-4,7-12H,2,5-6,13-20H2. The van der Waals surface area contributed by atoms with Gasteiger partial charge in [-0.15, -0.1) is 0 Å². The van der Waals surface area contributed by atoms with Gasteiger partial charge in [0.15, 0.2) is 0 Å². The summed E-state index contributed by atoms with van der Waals surface area (Å²) in [5.74, 6) is -0.286. The SMILES string of the molecule is O=C(CN1CN(c2ccccc2)C2(CCN(C(=O)c3ccc([N+](=O)[O-])cc3)CC2)C1=O)N1CCCCC1. The summed E-state index contributed by atoms with van der Waals surface area (Å²) < 4.78 is 0. The molecule has 0 radical (unpaired) electrons. The molecule has 37 heavy (non-hydrogen) atoms. The lowest BCUT2D eigenvalue weighted by Crippen LogP contribution is -2.57. The molecule has 0 aliphatic carbocycles. The summed E-state index contributed by atoms with van der Waals surface area (Å²) in [6.45, 7) is 2.63. The van der Waals surface area contributed by atoms with E-state index < -0.39 is 10.5 Å². The van der Waals surface area contributed by atoms with Gasteiger partial charge in [-0.1, -0.05) is 18.2 Å². The molecule has 0 aromatic heterocycles. The molecule has 10 nitrogen and oxygen atoms in total. The van der Waals surface area contributed by atoms with Crippen LogP contribution in [-0.2, 0) is 9.59 Å². The third-order valence-corrected chi connectivity index (χ3v) is 7.82. The van der Waals surface area contributed by atoms with Crippen molar-refractivity contribution in [1.29, 1.82) is 0 Å². The average Bonchev–Trinajstić information content (AvgIpc) is 3.20. The maximum Gasteiger partial charge on any atom is 0.269 e. The Balaban J connectivity index is 1.33. The number of piperidine rings is 2. The zero-order chi connectivity index (χ0) is 26.0. The smallest absolute Gasteiger partial charge is 0.269 e. The molecule has 0 atom stereocenters. The average molecular weight is 506 g/mol. The topological polar surface area (TPSA) is 107 Å². The Hall–Kier alpha value is -3.95. The van der Waals surface area contributed by atoms with Crippen molar-refractivity contribution in [2.75, 3.05) is 44.3 Å². The number of benzene rings is 2. The van der Waals surface area contributed by atoms with Crippen molar-refractivity contribution in [3.05, 3.63) is 70.3 Å². The van der Waals surface area contributed by atoms with Gasteiger partial charge in [0, 0.05) is 49.6 Å². The minimum atomic E-state index is -0.824. The highest BCUT2D eigenvalue weighted by molar-refractivity contribution is 5.97. The van der Waals surface area contributed by atoms with Gasteiger partial charge in [0.05, 0.1) is 11.6 Å². The normalized spacial score (nSPS) is 19.4. The van der Waals surface area contributed by atoms with E-state index in [1.807, 2.05) is 35.2 Å². The van der Waals surface area contributed by atoms with Gasteiger partial charge in [-0.05, 0) is 56.4 Å². The number of para-hydroxylation sites is 1. The van der Waals surface area contributed by atoms with Crippen molar-refractivity contribution >= 4 is 29.1 Å². The van der Waals surface area contributed by atoms with Gasteiger partial charge < -0.3 is 19.6 Å². The summed E-state index contributed by atoms with van der Waals surface area (Å²) >= 11 is 0. The third kappa shape index (κ3) is 4.75. The second-order valence-corrected chi connectivity index (χ2v) is 9.98. The largest absolute Gasteiger partial charge is 0.341 e. The minimum absolute atomic E-state index is 0.0103. The van der Waals surface area contributed by atoms with Crippen LogP contribution in [0.1, 0.15) is 42.5 Å². The van der Waals surface area contributed by atoms with Gasteiger partial charge in [-0.3, -0.25) is 24.5 Å². The first-order valence-electron chi connectivity index (χ1n) is 12.8. The molecule has 2 aromatic rings. The van der Waals surface area contributed by atoms with Crippen molar-refractivity contribution in [3.8, 4) is 0 Å². The third-order valence-electron chi connectivity index (χ3n) is 7.82. The molecule has 194 valence electrons. The van der Waals surface area contributed by atoms with Crippen molar-refractivity contribution in [3.63, 3.8) is 0 Å². The van der Waals surface area contributed by atoms with Crippen molar-refractivity contribution in [2.45, 2.75) is 37.6 Å². The van der Waals surface area contributed by atoms with E-state index in [1.165, 1.54) is 24.3 Å². The molecule has 3 aliphatic rings. The van der Waals surface area contributed by atoms with Crippen molar-refractivity contribution < 1.29 is 19.3 Å². The number of nitro benzene ring substituents is 1. The number of carbonyl (C=O) groups excluding carboxylic acids is 3. The molecule has 3 saturated heterocycles. The van der Waals surface area contributed by atoms with Crippen LogP contribution in [0.4, 0.5) is 11.4 Å². The highest BCUT2D eigenvalue weighted by Crippen LogP contribution is 2.39. The first-order chi connectivity index (χ1) is 17.9. The van der Waals surface area contributed by atoms with Crippen LogP contribution in [0.3, 0.4) is 0 Å². The van der Waals surface area contributed by atoms with Crippen LogP contribution in [-0.4, -0.2) is 82.3 Å². The lowest BCUT2D eigenvalue weighted by Gasteiger charge is -2.43. The van der Waals surface area contributed by atoms with E-state index in [-0.39, 0.29) is 30.0 Å². The van der Waals surface area contributed by atoms with Crippen LogP contribution in [0.5, 0.6) is 0 Å². The molecule has 3 heterocycles. The van der Waals surface area contributed by atoms with Crippen molar-refractivity contribution in [2.24, 2.45) is 0 Å². The molecule has 0 N–H and O–H groups in total. The zero-order valence-corrected chi connectivity index (χ0v) is 20.8. The number of rotatable bonds is 5. The monoisotopic (exact) mass is 505 g/mol. The molecule has 3 aliphatic heterocycles. The van der Waals surface area contributed by atoms with Crippen LogP contribution in [0.2, 0.25) is 0 Å². The Bertz CT molecular complexity index is 1170. The fourth-order valence-electron chi connectivity index (χ4n) is 5.72. The van der Waals surface area contributed by atoms with E-state index in [0.29, 0.717) is 38.2 Å². The highest BCUT2D eigenvalue weighted by Gasteiger charge is 2.54. The molecular formula is C27H31N5O5. The number of hydrogen-bond acceptors (Lipinski definition) is 6. The number of carbonyl (C=O) groups is 3. The number of non-ortho nitro benzene ring substituents is 1. The Kier molecular flexibility index (Phi) is 6.82. The number of hydrogen-bond donors (Lipinski definition) is 0. The van der Waals surface area contributed by atoms with E-state index in [2.05, 4.69) is 4.90 Å². The molecule has 0 bridgehead atoms. The maximum atomic E-state index is 13.9. The van der Waals surface area contributed by atoms with Gasteiger partial charge >= 0.3 is 0 Å². The van der Waals surface area contributed by atoms with E-state index in [1.54, 1.807) is 9.80 Å². The Labute approximate surface area is 215 Å². The second kappa shape index (κ2) is 10.2. The molecule has 2 aromatic carbocycles. The molecule has 0 saturated carbocycles. The van der Waals surface area contributed by atoms with E-state index >= 15 is 0 Å². The summed E-state index contributed by atoms with van der Waals surface area (Å²) in [5.41, 5.74) is 0.408. The summed E-state index contributed by atoms with van der Waals surface area (Å²) in [6.07, 6.45) is 4.00. The fourth-order valence-corrected chi connectivity index (χ4v) is 5.72. The molecular weight excluding hydrogens is 474 g/mol. The van der Waals surface area contributed by atoms with Gasteiger partial charge in [0.25, 0.3) is 17.5 Å². The number of anilines is 1. The van der Waals surface area contributed by atoms with Crippen LogP contribution in [0, 0.1) is 10.1 Å². The van der Waals surface area contributed by atoms with Gasteiger partial charge in [0.1, 0.15) is 12.1 Å². The molecule has 1 spiro atoms. The summed E-state index contributed by atoms with van der Waals surface area (Å²) in [6, 6.07) is 15.3. The summed E-state index contributed by atoms with van der Waals surface area (Å²) in [5, 5.41) is 10.9. The number of nitrogens with zero attached hydrogens (tertiary/aromatic N) is 5. The fraction of sp³-hybridized carbons (Fsp3) is 0.444. The Morgan fingerprint density at radius 3 is 2.14 bits per heavy atom. The summed E-state index contributed by atoms with van der Waals surface area (Å²) in [7, 11) is 0. The number of likely N-dealkylation sites (tertiary alicyclic amines) is 2. The lowest BCUT2D eigenvalue weighted by molar-refractivity contribution is -0.384. The van der Waals surface area contributed by atoms with E-state index in [4.69, 9.17) is 0 Å². The zero-order valence-electron chi connectivity index (χ0n) is 20.8. The van der Waals surface area contributed by atoms with Gasteiger partial charge in [0.2, 0.25) is 5.91 Å². The Morgan fingerprint density at radius 1 is 0.865 bits per heavy atom. The molecule has 0 unspecified atom stereocenters. The van der Waals surface area contributed by atoms with Crippen molar-refractivity contribution in [1.82, 2.24) is 14.7 Å². The van der Waals surface area contributed by atoms with Crippen LogP contribution < -0.4 is 4.90 Å². The molecule has 3 fully saturated rings. The van der Waals surface area contributed by atoms with E-state index in [9.17, 15) is 24.5 Å².